The normalized spacial score (nSPS) is 10.5. The van der Waals surface area contributed by atoms with Gasteiger partial charge in [-0.1, -0.05) is 29.8 Å². The summed E-state index contributed by atoms with van der Waals surface area (Å²) >= 11 is 5.35. The molecular formula is C19H19FN4S. The fourth-order valence-corrected chi connectivity index (χ4v) is 2.78. The Bertz CT molecular complexity index is 904. The van der Waals surface area contributed by atoms with Gasteiger partial charge in [0, 0.05) is 18.0 Å². The second-order valence-electron chi connectivity index (χ2n) is 5.93. The molecule has 0 fully saturated rings. The maximum atomic E-state index is 13.2. The minimum atomic E-state index is -0.248. The summed E-state index contributed by atoms with van der Waals surface area (Å²) in [6, 6.07) is 14.4. The van der Waals surface area contributed by atoms with Crippen LogP contribution < -0.4 is 10.6 Å². The summed E-state index contributed by atoms with van der Waals surface area (Å²) in [5.41, 5.74) is 4.15. The quantitative estimate of drug-likeness (QED) is 0.677. The molecule has 128 valence electrons. The smallest absolute Gasteiger partial charge is 0.176 e. The summed E-state index contributed by atoms with van der Waals surface area (Å²) in [7, 11) is 0. The van der Waals surface area contributed by atoms with Crippen molar-refractivity contribution in [3.8, 4) is 0 Å². The zero-order chi connectivity index (χ0) is 17.8. The molecule has 3 rings (SSSR count). The number of nitrogens with zero attached hydrogens (tertiary/aromatic N) is 2. The Morgan fingerprint density at radius 1 is 1.12 bits per heavy atom. The van der Waals surface area contributed by atoms with Gasteiger partial charge in [-0.15, -0.1) is 0 Å². The van der Waals surface area contributed by atoms with Crippen molar-refractivity contribution in [1.29, 1.82) is 0 Å². The molecule has 0 aliphatic heterocycles. The van der Waals surface area contributed by atoms with Crippen molar-refractivity contribution in [2.24, 2.45) is 0 Å². The summed E-state index contributed by atoms with van der Waals surface area (Å²) in [5.74, 6) is 0.389. The average Bonchev–Trinajstić information content (AvgIpc) is 2.97. The van der Waals surface area contributed by atoms with Crippen molar-refractivity contribution in [1.82, 2.24) is 9.78 Å². The number of thiocarbonyl (C=S) groups is 1. The van der Waals surface area contributed by atoms with Crippen molar-refractivity contribution in [3.63, 3.8) is 0 Å². The van der Waals surface area contributed by atoms with Crippen LogP contribution in [0.3, 0.4) is 0 Å². The highest BCUT2D eigenvalue weighted by atomic mass is 32.1. The van der Waals surface area contributed by atoms with Crippen LogP contribution >= 0.6 is 12.2 Å². The average molecular weight is 354 g/mol. The first kappa shape index (κ1) is 17.1. The van der Waals surface area contributed by atoms with Crippen LogP contribution in [0.2, 0.25) is 0 Å². The first-order valence-electron chi connectivity index (χ1n) is 7.93. The summed E-state index contributed by atoms with van der Waals surface area (Å²) < 4.78 is 15.0. The van der Waals surface area contributed by atoms with Gasteiger partial charge in [0.1, 0.15) is 5.82 Å². The molecule has 1 heterocycles. The van der Waals surface area contributed by atoms with Gasteiger partial charge in [-0.2, -0.15) is 5.10 Å². The van der Waals surface area contributed by atoms with E-state index in [-0.39, 0.29) is 5.82 Å². The standard InChI is InChI=1S/C19H19FN4S/c1-13-6-7-17(14(2)10-13)21-19(25)22-18-8-9-24(23-18)12-15-4-3-5-16(20)11-15/h3-11H,12H2,1-2H3,(H2,21,22,23,25). The zero-order valence-electron chi connectivity index (χ0n) is 14.1. The molecule has 25 heavy (non-hydrogen) atoms. The van der Waals surface area contributed by atoms with Gasteiger partial charge in [0.25, 0.3) is 0 Å². The number of nitrogens with one attached hydrogen (secondary N) is 2. The van der Waals surface area contributed by atoms with Crippen LogP contribution in [0.25, 0.3) is 0 Å². The molecule has 0 aliphatic carbocycles. The van der Waals surface area contributed by atoms with E-state index < -0.39 is 0 Å². The van der Waals surface area contributed by atoms with Crippen LogP contribution in [0.5, 0.6) is 0 Å². The van der Waals surface area contributed by atoms with E-state index >= 15 is 0 Å². The molecule has 3 aromatic rings. The number of hydrogen-bond donors (Lipinski definition) is 2. The molecule has 0 radical (unpaired) electrons. The van der Waals surface area contributed by atoms with Crippen LogP contribution in [0, 0.1) is 19.7 Å². The van der Waals surface area contributed by atoms with Crippen LogP contribution in [0.1, 0.15) is 16.7 Å². The molecule has 2 aromatic carbocycles. The lowest BCUT2D eigenvalue weighted by atomic mass is 10.1. The van der Waals surface area contributed by atoms with Gasteiger partial charge >= 0.3 is 0 Å². The molecule has 1 aromatic heterocycles. The molecule has 0 bridgehead atoms. The predicted molar refractivity (Wildman–Crippen MR) is 103 cm³/mol. The molecule has 0 saturated carbocycles. The van der Waals surface area contributed by atoms with Gasteiger partial charge < -0.3 is 10.6 Å². The SMILES string of the molecule is Cc1ccc(NC(=S)Nc2ccn(Cc3cccc(F)c3)n2)c(C)c1. The Morgan fingerprint density at radius 3 is 2.72 bits per heavy atom. The number of benzene rings is 2. The molecular weight excluding hydrogens is 335 g/mol. The Hall–Kier alpha value is -2.73. The third kappa shape index (κ3) is 4.64. The van der Waals surface area contributed by atoms with Crippen molar-refractivity contribution in [2.75, 3.05) is 10.6 Å². The van der Waals surface area contributed by atoms with Gasteiger partial charge in [0.05, 0.1) is 6.54 Å². The largest absolute Gasteiger partial charge is 0.332 e. The van der Waals surface area contributed by atoms with Gasteiger partial charge in [0.2, 0.25) is 0 Å². The number of halogens is 1. The molecule has 0 spiro atoms. The van der Waals surface area contributed by atoms with Crippen LogP contribution in [0.4, 0.5) is 15.9 Å². The van der Waals surface area contributed by atoms with Gasteiger partial charge in [0.15, 0.2) is 10.9 Å². The van der Waals surface area contributed by atoms with E-state index in [1.807, 2.05) is 37.4 Å². The highest BCUT2D eigenvalue weighted by Gasteiger charge is 2.05. The van der Waals surface area contributed by atoms with Crippen LogP contribution in [-0.4, -0.2) is 14.9 Å². The molecule has 2 N–H and O–H groups in total. The second kappa shape index (κ2) is 7.44. The maximum absolute atomic E-state index is 13.2. The molecule has 0 saturated heterocycles. The third-order valence-electron chi connectivity index (χ3n) is 3.75. The molecule has 0 aliphatic rings. The Labute approximate surface area is 151 Å². The lowest BCUT2D eigenvalue weighted by molar-refractivity contribution is 0.619. The van der Waals surface area contributed by atoms with E-state index in [4.69, 9.17) is 12.2 Å². The Balaban J connectivity index is 1.61. The van der Waals surface area contributed by atoms with Crippen LogP contribution in [0.15, 0.2) is 54.7 Å². The first-order chi connectivity index (χ1) is 12.0. The van der Waals surface area contributed by atoms with E-state index in [1.165, 1.54) is 17.7 Å². The lowest BCUT2D eigenvalue weighted by Crippen LogP contribution is -2.20. The number of aryl methyl sites for hydroxylation is 2. The summed E-state index contributed by atoms with van der Waals surface area (Å²) in [6.07, 6.45) is 1.83. The molecule has 0 unspecified atom stereocenters. The zero-order valence-corrected chi connectivity index (χ0v) is 14.9. The van der Waals surface area contributed by atoms with E-state index in [9.17, 15) is 4.39 Å². The third-order valence-corrected chi connectivity index (χ3v) is 3.95. The van der Waals surface area contributed by atoms with Crippen molar-refractivity contribution in [3.05, 3.63) is 77.2 Å². The van der Waals surface area contributed by atoms with E-state index in [1.54, 1.807) is 10.7 Å². The topological polar surface area (TPSA) is 41.9 Å². The Kier molecular flexibility index (Phi) is 5.09. The summed E-state index contributed by atoms with van der Waals surface area (Å²) in [6.45, 7) is 4.58. The lowest BCUT2D eigenvalue weighted by Gasteiger charge is -2.11. The highest BCUT2D eigenvalue weighted by Crippen LogP contribution is 2.16. The van der Waals surface area contributed by atoms with E-state index in [2.05, 4.69) is 28.7 Å². The maximum Gasteiger partial charge on any atom is 0.176 e. The summed E-state index contributed by atoms with van der Waals surface area (Å²) in [4.78, 5) is 0. The van der Waals surface area contributed by atoms with Gasteiger partial charge in [-0.05, 0) is 55.4 Å². The number of hydrogen-bond acceptors (Lipinski definition) is 2. The first-order valence-corrected chi connectivity index (χ1v) is 8.33. The van der Waals surface area contributed by atoms with Crippen LogP contribution in [-0.2, 0) is 6.54 Å². The monoisotopic (exact) mass is 354 g/mol. The number of aromatic nitrogens is 2. The highest BCUT2D eigenvalue weighted by molar-refractivity contribution is 7.80. The van der Waals surface area contributed by atoms with Crippen molar-refractivity contribution in [2.45, 2.75) is 20.4 Å². The van der Waals surface area contributed by atoms with Crippen molar-refractivity contribution < 1.29 is 4.39 Å². The van der Waals surface area contributed by atoms with E-state index in [0.717, 1.165) is 16.8 Å². The Morgan fingerprint density at radius 2 is 1.96 bits per heavy atom. The van der Waals surface area contributed by atoms with E-state index in [0.29, 0.717) is 17.5 Å². The molecule has 0 amide bonds. The molecule has 4 nitrogen and oxygen atoms in total. The fraction of sp³-hybridized carbons (Fsp3) is 0.158. The minimum Gasteiger partial charge on any atom is -0.332 e. The number of anilines is 2. The predicted octanol–water partition coefficient (Wildman–Crippen LogP) is 4.50. The number of rotatable bonds is 4. The van der Waals surface area contributed by atoms with Gasteiger partial charge in [-0.3, -0.25) is 4.68 Å². The minimum absolute atomic E-state index is 0.248. The molecule has 0 atom stereocenters. The summed E-state index contributed by atoms with van der Waals surface area (Å²) in [5, 5.41) is 11.1. The van der Waals surface area contributed by atoms with Crippen molar-refractivity contribution >= 4 is 28.8 Å². The molecule has 6 heteroatoms. The fourth-order valence-electron chi connectivity index (χ4n) is 2.56. The second-order valence-corrected chi connectivity index (χ2v) is 6.33. The van der Waals surface area contributed by atoms with Gasteiger partial charge in [-0.25, -0.2) is 4.39 Å².